The molecular weight excluding hydrogens is 232 g/mol. The summed E-state index contributed by atoms with van der Waals surface area (Å²) in [5.74, 6) is 0.258. The van der Waals surface area contributed by atoms with Crippen LogP contribution in [0.2, 0.25) is 0 Å². The van der Waals surface area contributed by atoms with Crippen LogP contribution in [0, 0.1) is 0 Å². The summed E-state index contributed by atoms with van der Waals surface area (Å²) in [5.41, 5.74) is 2.41. The first-order valence-corrected chi connectivity index (χ1v) is 5.33. The van der Waals surface area contributed by atoms with Crippen LogP contribution in [0.4, 0.5) is 0 Å². The van der Waals surface area contributed by atoms with E-state index in [2.05, 4.69) is 0 Å². The molecule has 4 heteroatoms. The minimum absolute atomic E-state index is 0.258. The molecule has 0 saturated carbocycles. The smallest absolute Gasteiger partial charge is 0.185 e. The van der Waals surface area contributed by atoms with E-state index in [-0.39, 0.29) is 5.76 Å². The second-order valence-corrected chi connectivity index (χ2v) is 3.85. The molecule has 1 aromatic carbocycles. The zero-order valence-electron chi connectivity index (χ0n) is 9.25. The van der Waals surface area contributed by atoms with Crippen LogP contribution in [-0.2, 0) is 0 Å². The summed E-state index contributed by atoms with van der Waals surface area (Å²) < 4.78 is 10.5. The highest BCUT2D eigenvalue weighted by Crippen LogP contribution is 2.32. The van der Waals surface area contributed by atoms with Gasteiger partial charge in [-0.05, 0) is 6.07 Å². The molecule has 88 valence electrons. The monoisotopic (exact) mass is 240 g/mol. The van der Waals surface area contributed by atoms with Crippen LogP contribution in [0.15, 0.2) is 45.6 Å². The number of aldehydes is 2. The Hall–Kier alpha value is -2.62. The van der Waals surface area contributed by atoms with Gasteiger partial charge in [0, 0.05) is 16.5 Å². The molecule has 0 unspecified atom stereocenters. The molecule has 0 amide bonds. The number of rotatable bonds is 3. The topological polar surface area (TPSA) is 60.4 Å². The van der Waals surface area contributed by atoms with E-state index in [0.717, 1.165) is 17.2 Å². The van der Waals surface area contributed by atoms with Crippen LogP contribution in [0.5, 0.6) is 0 Å². The minimum Gasteiger partial charge on any atom is -0.471 e. The highest BCUT2D eigenvalue weighted by Gasteiger charge is 2.13. The van der Waals surface area contributed by atoms with Crippen LogP contribution in [0.25, 0.3) is 22.1 Å². The summed E-state index contributed by atoms with van der Waals surface area (Å²) in [6.07, 6.45) is 4.24. The van der Waals surface area contributed by atoms with Crippen LogP contribution in [0.3, 0.4) is 0 Å². The zero-order valence-corrected chi connectivity index (χ0v) is 9.25. The van der Waals surface area contributed by atoms with Gasteiger partial charge in [0.2, 0.25) is 0 Å². The van der Waals surface area contributed by atoms with Gasteiger partial charge in [-0.25, -0.2) is 0 Å². The lowest BCUT2D eigenvalue weighted by atomic mass is 10.0. The standard InChI is InChI=1S/C14H8O4/c15-5-10-7-17-8-13(10)12-3-1-2-9-4-11(6-16)18-14(9)12/h1-8H. The zero-order chi connectivity index (χ0) is 12.5. The predicted molar refractivity (Wildman–Crippen MR) is 64.7 cm³/mol. The van der Waals surface area contributed by atoms with Gasteiger partial charge in [-0.1, -0.05) is 18.2 Å². The van der Waals surface area contributed by atoms with Gasteiger partial charge >= 0.3 is 0 Å². The average molecular weight is 240 g/mol. The van der Waals surface area contributed by atoms with Crippen molar-refractivity contribution in [1.29, 1.82) is 0 Å². The summed E-state index contributed by atoms with van der Waals surface area (Å²) in [6, 6.07) is 7.16. The Bertz CT molecular complexity index is 733. The van der Waals surface area contributed by atoms with Gasteiger partial charge in [0.1, 0.15) is 11.8 Å². The Balaban J connectivity index is 2.31. The molecule has 0 aliphatic rings. The summed E-state index contributed by atoms with van der Waals surface area (Å²) in [5, 5.41) is 0.813. The SMILES string of the molecule is O=Cc1cc2cccc(-c3cocc3C=O)c2o1. The molecular formula is C14H8O4. The van der Waals surface area contributed by atoms with Crippen LogP contribution in [-0.4, -0.2) is 12.6 Å². The van der Waals surface area contributed by atoms with E-state index in [4.69, 9.17) is 8.83 Å². The van der Waals surface area contributed by atoms with Gasteiger partial charge < -0.3 is 8.83 Å². The van der Waals surface area contributed by atoms with E-state index in [1.807, 2.05) is 18.2 Å². The molecule has 0 aliphatic carbocycles. The summed E-state index contributed by atoms with van der Waals surface area (Å²) in [6.45, 7) is 0. The highest BCUT2D eigenvalue weighted by molar-refractivity contribution is 5.99. The molecule has 0 aliphatic heterocycles. The van der Waals surface area contributed by atoms with Crippen molar-refractivity contribution in [3.05, 3.63) is 48.1 Å². The number of hydrogen-bond donors (Lipinski definition) is 0. The van der Waals surface area contributed by atoms with Crippen molar-refractivity contribution in [2.24, 2.45) is 0 Å². The molecule has 18 heavy (non-hydrogen) atoms. The van der Waals surface area contributed by atoms with Gasteiger partial charge in [0.05, 0.1) is 11.8 Å². The molecule has 3 rings (SSSR count). The number of para-hydroxylation sites is 1. The van der Waals surface area contributed by atoms with Crippen LogP contribution in [0.1, 0.15) is 20.9 Å². The highest BCUT2D eigenvalue weighted by atomic mass is 16.3. The first-order chi connectivity index (χ1) is 8.83. The van der Waals surface area contributed by atoms with Crippen molar-refractivity contribution in [3.63, 3.8) is 0 Å². The number of carbonyl (C=O) groups excluding carboxylic acids is 2. The van der Waals surface area contributed by atoms with E-state index >= 15 is 0 Å². The molecule has 4 nitrogen and oxygen atoms in total. The third kappa shape index (κ3) is 1.47. The fourth-order valence-corrected chi connectivity index (χ4v) is 1.97. The van der Waals surface area contributed by atoms with Gasteiger partial charge in [-0.2, -0.15) is 0 Å². The summed E-state index contributed by atoms with van der Waals surface area (Å²) in [4.78, 5) is 21.6. The van der Waals surface area contributed by atoms with Crippen molar-refractivity contribution >= 4 is 23.5 Å². The molecule has 0 radical (unpaired) electrons. The molecule has 0 spiro atoms. The van der Waals surface area contributed by atoms with E-state index in [9.17, 15) is 9.59 Å². The molecule has 0 saturated heterocycles. The summed E-state index contributed by atoms with van der Waals surface area (Å²) >= 11 is 0. The van der Waals surface area contributed by atoms with Crippen molar-refractivity contribution < 1.29 is 18.4 Å². The predicted octanol–water partition coefficient (Wildman–Crippen LogP) is 3.32. The molecule has 3 aromatic rings. The molecule has 0 bridgehead atoms. The minimum atomic E-state index is 0.258. The van der Waals surface area contributed by atoms with Crippen molar-refractivity contribution in [1.82, 2.24) is 0 Å². The first kappa shape index (κ1) is 10.5. The van der Waals surface area contributed by atoms with Gasteiger partial charge in [0.25, 0.3) is 0 Å². The Morgan fingerprint density at radius 3 is 2.67 bits per heavy atom. The Labute approximate surface area is 102 Å². The van der Waals surface area contributed by atoms with E-state index in [1.54, 1.807) is 6.07 Å². The Morgan fingerprint density at radius 2 is 1.89 bits per heavy atom. The number of benzene rings is 1. The second kappa shape index (κ2) is 4.00. The van der Waals surface area contributed by atoms with Crippen LogP contribution < -0.4 is 0 Å². The fourth-order valence-electron chi connectivity index (χ4n) is 1.97. The average Bonchev–Trinajstić information content (AvgIpc) is 3.03. The molecule has 2 aromatic heterocycles. The number of fused-ring (bicyclic) bond motifs is 1. The van der Waals surface area contributed by atoms with E-state index in [0.29, 0.717) is 23.0 Å². The van der Waals surface area contributed by atoms with Crippen molar-refractivity contribution in [2.45, 2.75) is 0 Å². The lowest BCUT2D eigenvalue weighted by molar-refractivity contribution is 0.110. The molecule has 2 heterocycles. The maximum atomic E-state index is 10.9. The van der Waals surface area contributed by atoms with Crippen LogP contribution >= 0.6 is 0 Å². The second-order valence-electron chi connectivity index (χ2n) is 3.85. The molecule has 0 atom stereocenters. The van der Waals surface area contributed by atoms with E-state index < -0.39 is 0 Å². The third-order valence-electron chi connectivity index (χ3n) is 2.79. The number of hydrogen-bond acceptors (Lipinski definition) is 4. The summed E-state index contributed by atoms with van der Waals surface area (Å²) in [7, 11) is 0. The van der Waals surface area contributed by atoms with Gasteiger partial charge in [-0.3, -0.25) is 9.59 Å². The fraction of sp³-hybridized carbons (Fsp3) is 0. The third-order valence-corrected chi connectivity index (χ3v) is 2.79. The van der Waals surface area contributed by atoms with Gasteiger partial charge in [-0.15, -0.1) is 0 Å². The van der Waals surface area contributed by atoms with E-state index in [1.165, 1.54) is 12.5 Å². The quantitative estimate of drug-likeness (QED) is 0.659. The largest absolute Gasteiger partial charge is 0.471 e. The first-order valence-electron chi connectivity index (χ1n) is 5.33. The van der Waals surface area contributed by atoms with Crippen molar-refractivity contribution in [2.75, 3.05) is 0 Å². The van der Waals surface area contributed by atoms with Crippen molar-refractivity contribution in [3.8, 4) is 11.1 Å². The Morgan fingerprint density at radius 1 is 1.00 bits per heavy atom. The number of furan rings is 2. The molecule has 0 N–H and O–H groups in total. The normalized spacial score (nSPS) is 10.7. The maximum Gasteiger partial charge on any atom is 0.185 e. The number of carbonyl (C=O) groups is 2. The molecule has 0 fully saturated rings. The maximum absolute atomic E-state index is 10.9. The Kier molecular flexibility index (Phi) is 2.34. The lowest BCUT2D eigenvalue weighted by Gasteiger charge is -1.99. The van der Waals surface area contributed by atoms with Gasteiger partial charge in [0.15, 0.2) is 18.3 Å². The lowest BCUT2D eigenvalue weighted by Crippen LogP contribution is -1.82.